The van der Waals surface area contributed by atoms with Crippen LogP contribution in [0, 0.1) is 5.92 Å². The molecule has 0 aromatic heterocycles. The summed E-state index contributed by atoms with van der Waals surface area (Å²) in [6.45, 7) is 1.70. The van der Waals surface area contributed by atoms with Crippen molar-refractivity contribution in [2.45, 2.75) is 19.3 Å². The number of thiol groups is 1. The molecule has 0 radical (unpaired) electrons. The summed E-state index contributed by atoms with van der Waals surface area (Å²) in [6.07, 6.45) is 2.47. The molecule has 25 heavy (non-hydrogen) atoms. The Hall–Kier alpha value is -2.00. The Bertz CT molecular complexity index is 677. The van der Waals surface area contributed by atoms with Gasteiger partial charge in [-0.25, -0.2) is 13.1 Å². The number of hydrogen-bond acceptors (Lipinski definition) is 6. The first kappa shape index (κ1) is 19.3. The second-order valence-corrected chi connectivity index (χ2v) is 6.81. The number of benzene rings is 1. The molecule has 0 aliphatic carbocycles. The van der Waals surface area contributed by atoms with E-state index in [1.165, 1.54) is 14.2 Å². The lowest BCUT2D eigenvalue weighted by Gasteiger charge is -2.32. The van der Waals surface area contributed by atoms with E-state index in [4.69, 9.17) is 15.2 Å². The highest BCUT2D eigenvalue weighted by molar-refractivity contribution is 7.70. The second-order valence-electron chi connectivity index (χ2n) is 5.98. The Morgan fingerprint density at radius 2 is 1.84 bits per heavy atom. The maximum atomic E-state index is 12.8. The van der Waals surface area contributed by atoms with Crippen LogP contribution in [-0.2, 0) is 10.9 Å². The van der Waals surface area contributed by atoms with Crippen LogP contribution in [-0.4, -0.2) is 53.1 Å². The smallest absolute Gasteiger partial charge is 0.256 e. The summed E-state index contributed by atoms with van der Waals surface area (Å²) in [4.78, 5) is 14.5. The first-order valence-electron chi connectivity index (χ1n) is 8.15. The zero-order valence-corrected chi connectivity index (χ0v) is 15.4. The van der Waals surface area contributed by atoms with E-state index < -0.39 is 10.9 Å². The molecule has 1 aliphatic rings. The quantitative estimate of drug-likeness (QED) is 0.479. The van der Waals surface area contributed by atoms with Crippen LogP contribution in [0.4, 0.5) is 5.69 Å². The first-order valence-corrected chi connectivity index (χ1v) is 9.32. The van der Waals surface area contributed by atoms with Crippen LogP contribution >= 0.6 is 0 Å². The van der Waals surface area contributed by atoms with Gasteiger partial charge in [0, 0.05) is 31.4 Å². The second kappa shape index (κ2) is 8.91. The van der Waals surface area contributed by atoms with Gasteiger partial charge in [0.1, 0.15) is 0 Å². The molecule has 0 bridgehead atoms. The zero-order chi connectivity index (χ0) is 18.4. The van der Waals surface area contributed by atoms with E-state index in [2.05, 4.69) is 4.72 Å². The number of likely N-dealkylation sites (tertiary alicyclic amines) is 1. The van der Waals surface area contributed by atoms with Gasteiger partial charge in [-0.3, -0.25) is 4.79 Å². The largest absolute Gasteiger partial charge is 0.493 e. The average Bonchev–Trinajstić information content (AvgIpc) is 2.61. The predicted molar refractivity (Wildman–Crippen MR) is 95.5 cm³/mol. The van der Waals surface area contributed by atoms with E-state index in [-0.39, 0.29) is 5.91 Å². The third kappa shape index (κ3) is 4.99. The summed E-state index contributed by atoms with van der Waals surface area (Å²) in [5, 5.41) is 0. The Balaban J connectivity index is 1.98. The van der Waals surface area contributed by atoms with E-state index in [0.29, 0.717) is 48.3 Å². The van der Waals surface area contributed by atoms with Crippen molar-refractivity contribution in [3.05, 3.63) is 17.7 Å². The summed E-state index contributed by atoms with van der Waals surface area (Å²) in [6, 6.07) is 3.20. The Labute approximate surface area is 149 Å². The number of anilines is 1. The van der Waals surface area contributed by atoms with Gasteiger partial charge in [0.25, 0.3) is 5.91 Å². The lowest BCUT2D eigenvalue weighted by Crippen LogP contribution is -2.39. The van der Waals surface area contributed by atoms with Crippen LogP contribution < -0.4 is 19.9 Å². The third-order valence-corrected chi connectivity index (χ3v) is 4.96. The number of nitrogens with zero attached hydrogens (tertiary/aromatic N) is 1. The number of carbonyl (C=O) groups is 1. The molecule has 1 amide bonds. The number of methoxy groups -OCH3 is 2. The fraction of sp³-hybridized carbons (Fsp3) is 0.562. The van der Waals surface area contributed by atoms with Crippen molar-refractivity contribution < 1.29 is 22.7 Å². The molecule has 0 unspecified atom stereocenters. The Kier molecular flexibility index (Phi) is 6.89. The van der Waals surface area contributed by atoms with Crippen LogP contribution in [0.15, 0.2) is 12.1 Å². The SMILES string of the molecule is COc1cc(N)c(C(=O)N2CCC(CCN[SH](=O)=O)CC2)cc1OC. The number of nitrogen functional groups attached to an aromatic ring is 1. The standard InChI is InChI=1S/C16H25N3O5S/c1-23-14-9-12(13(17)10-15(14)24-2)16(20)19-7-4-11(5-8-19)3-6-18-25(21)22/h9-11,25H,3-8,17H2,1-2H3,(H,18,21,22). The van der Waals surface area contributed by atoms with Crippen molar-refractivity contribution in [1.29, 1.82) is 0 Å². The van der Waals surface area contributed by atoms with Crippen LogP contribution in [0.5, 0.6) is 11.5 Å². The summed E-state index contributed by atoms with van der Waals surface area (Å²) in [7, 11) is 0.487. The fourth-order valence-corrected chi connectivity index (χ4v) is 3.35. The number of rotatable bonds is 7. The van der Waals surface area contributed by atoms with Gasteiger partial charge in [0.05, 0.1) is 19.8 Å². The molecule has 1 saturated heterocycles. The molecule has 0 spiro atoms. The molecule has 2 rings (SSSR count). The van der Waals surface area contributed by atoms with Crippen LogP contribution in [0.25, 0.3) is 0 Å². The highest BCUT2D eigenvalue weighted by Gasteiger charge is 2.25. The lowest BCUT2D eigenvalue weighted by atomic mass is 9.93. The zero-order valence-electron chi connectivity index (χ0n) is 14.5. The molecule has 140 valence electrons. The fourth-order valence-electron chi connectivity index (χ4n) is 3.03. The molecular weight excluding hydrogens is 346 g/mol. The van der Waals surface area contributed by atoms with Gasteiger partial charge >= 0.3 is 0 Å². The molecule has 1 aliphatic heterocycles. The molecule has 1 aromatic carbocycles. The van der Waals surface area contributed by atoms with Gasteiger partial charge in [-0.05, 0) is 31.2 Å². The predicted octanol–water partition coefficient (Wildman–Crippen LogP) is 0.644. The number of piperidine rings is 1. The molecule has 1 heterocycles. The van der Waals surface area contributed by atoms with Crippen molar-refractivity contribution in [2.24, 2.45) is 5.92 Å². The minimum absolute atomic E-state index is 0.127. The molecule has 3 N–H and O–H groups in total. The molecule has 1 fully saturated rings. The summed E-state index contributed by atoms with van der Waals surface area (Å²) >= 11 is 0. The van der Waals surface area contributed by atoms with Gasteiger partial charge in [0.2, 0.25) is 10.9 Å². The molecule has 8 nitrogen and oxygen atoms in total. The van der Waals surface area contributed by atoms with Gasteiger partial charge in [-0.15, -0.1) is 0 Å². The Morgan fingerprint density at radius 3 is 2.40 bits per heavy atom. The van der Waals surface area contributed by atoms with Crippen LogP contribution in [0.3, 0.4) is 0 Å². The molecular formula is C16H25N3O5S. The Morgan fingerprint density at radius 1 is 1.24 bits per heavy atom. The van der Waals surface area contributed by atoms with Crippen molar-refractivity contribution in [3.8, 4) is 11.5 Å². The summed E-state index contributed by atoms with van der Waals surface area (Å²) in [5.41, 5.74) is 6.76. The normalized spacial score (nSPS) is 15.4. The van der Waals surface area contributed by atoms with E-state index in [9.17, 15) is 13.2 Å². The van der Waals surface area contributed by atoms with E-state index in [0.717, 1.165) is 19.3 Å². The van der Waals surface area contributed by atoms with Crippen LogP contribution in [0.2, 0.25) is 0 Å². The van der Waals surface area contributed by atoms with E-state index in [1.54, 1.807) is 17.0 Å². The lowest BCUT2D eigenvalue weighted by molar-refractivity contribution is 0.0688. The maximum absolute atomic E-state index is 12.8. The van der Waals surface area contributed by atoms with Crippen molar-refractivity contribution >= 4 is 22.5 Å². The molecule has 1 aromatic rings. The average molecular weight is 371 g/mol. The van der Waals surface area contributed by atoms with Crippen molar-refractivity contribution in [3.63, 3.8) is 0 Å². The molecule has 9 heteroatoms. The van der Waals surface area contributed by atoms with Gasteiger partial charge in [0.15, 0.2) is 11.5 Å². The number of carbonyl (C=O) groups excluding carboxylic acids is 1. The van der Waals surface area contributed by atoms with E-state index in [1.807, 2.05) is 0 Å². The highest BCUT2D eigenvalue weighted by Crippen LogP contribution is 2.33. The maximum Gasteiger partial charge on any atom is 0.256 e. The number of nitrogens with two attached hydrogens (primary N) is 1. The van der Waals surface area contributed by atoms with Crippen molar-refractivity contribution in [2.75, 3.05) is 39.6 Å². The summed E-state index contributed by atoms with van der Waals surface area (Å²) in [5.74, 6) is 1.24. The monoisotopic (exact) mass is 371 g/mol. The van der Waals surface area contributed by atoms with Crippen molar-refractivity contribution in [1.82, 2.24) is 9.62 Å². The molecule has 0 atom stereocenters. The third-order valence-electron chi connectivity index (χ3n) is 4.48. The highest BCUT2D eigenvalue weighted by atomic mass is 32.2. The number of nitrogens with one attached hydrogen (secondary N) is 1. The first-order chi connectivity index (χ1) is 12.0. The minimum atomic E-state index is -2.54. The van der Waals surface area contributed by atoms with E-state index >= 15 is 0 Å². The number of ether oxygens (including phenoxy) is 2. The number of amides is 1. The van der Waals surface area contributed by atoms with Gasteiger partial charge in [-0.1, -0.05) is 0 Å². The topological polar surface area (TPSA) is 111 Å². The van der Waals surface area contributed by atoms with Gasteiger partial charge in [-0.2, -0.15) is 0 Å². The number of hydrogen-bond donors (Lipinski definition) is 3. The van der Waals surface area contributed by atoms with Crippen LogP contribution in [0.1, 0.15) is 29.6 Å². The minimum Gasteiger partial charge on any atom is -0.493 e. The summed E-state index contributed by atoms with van der Waals surface area (Å²) < 4.78 is 33.9. The molecule has 0 saturated carbocycles. The van der Waals surface area contributed by atoms with Gasteiger partial charge < -0.3 is 20.1 Å².